The van der Waals surface area contributed by atoms with Crippen molar-refractivity contribution in [3.63, 3.8) is 0 Å². The molecule has 1 aliphatic heterocycles. The van der Waals surface area contributed by atoms with Crippen LogP contribution in [0.5, 0.6) is 5.75 Å². The third-order valence-corrected chi connectivity index (χ3v) is 4.07. The number of fused-ring (bicyclic) bond motifs is 1. The van der Waals surface area contributed by atoms with Crippen molar-refractivity contribution in [1.29, 1.82) is 0 Å². The van der Waals surface area contributed by atoms with E-state index in [1.807, 2.05) is 31.2 Å². The van der Waals surface area contributed by atoms with Crippen LogP contribution in [0, 0.1) is 0 Å². The molecule has 5 nitrogen and oxygen atoms in total. The van der Waals surface area contributed by atoms with Gasteiger partial charge in [0, 0.05) is 17.3 Å². The number of hydrogen-bond acceptors (Lipinski definition) is 4. The number of alkyl halides is 2. The number of nitrogens with zero attached hydrogens (tertiary/aromatic N) is 2. The van der Waals surface area contributed by atoms with Gasteiger partial charge in [-0.1, -0.05) is 35.5 Å². The minimum absolute atomic E-state index is 0.0109. The topological polar surface area (TPSA) is 51.1 Å². The molecule has 0 N–H and O–H groups in total. The van der Waals surface area contributed by atoms with Crippen molar-refractivity contribution in [1.82, 2.24) is 0 Å². The zero-order valence-corrected chi connectivity index (χ0v) is 14.1. The molecule has 26 heavy (non-hydrogen) atoms. The summed E-state index contributed by atoms with van der Waals surface area (Å²) >= 11 is 0. The molecule has 3 rings (SSSR count). The van der Waals surface area contributed by atoms with Gasteiger partial charge in [-0.2, -0.15) is 8.78 Å². The number of rotatable bonds is 6. The van der Waals surface area contributed by atoms with E-state index in [9.17, 15) is 13.6 Å². The van der Waals surface area contributed by atoms with Gasteiger partial charge in [0.15, 0.2) is 6.61 Å². The first kappa shape index (κ1) is 17.8. The number of halogens is 2. The normalized spacial score (nSPS) is 16.2. The molecule has 1 heterocycles. The molecule has 0 radical (unpaired) electrons. The molecule has 0 aromatic heterocycles. The third kappa shape index (κ3) is 3.99. The van der Waals surface area contributed by atoms with Crippen molar-refractivity contribution in [2.45, 2.75) is 26.0 Å². The molecule has 0 aliphatic carbocycles. The highest BCUT2D eigenvalue weighted by molar-refractivity contribution is 5.97. The van der Waals surface area contributed by atoms with Gasteiger partial charge in [-0.25, -0.2) is 0 Å². The Hall–Kier alpha value is -2.96. The van der Waals surface area contributed by atoms with Crippen LogP contribution in [0.4, 0.5) is 14.5 Å². The maximum absolute atomic E-state index is 12.4. The minimum Gasteiger partial charge on any atom is -0.434 e. The molecule has 0 fully saturated rings. The first-order valence-electron chi connectivity index (χ1n) is 8.15. The Morgan fingerprint density at radius 3 is 2.81 bits per heavy atom. The van der Waals surface area contributed by atoms with E-state index < -0.39 is 6.61 Å². The van der Waals surface area contributed by atoms with Crippen molar-refractivity contribution >= 4 is 17.8 Å². The maximum atomic E-state index is 12.4. The monoisotopic (exact) mass is 360 g/mol. The number of oxime groups is 1. The smallest absolute Gasteiger partial charge is 0.387 e. The lowest BCUT2D eigenvalue weighted by molar-refractivity contribution is -0.123. The molecule has 7 heteroatoms. The fourth-order valence-corrected chi connectivity index (χ4v) is 2.99. The van der Waals surface area contributed by atoms with Crippen LogP contribution >= 0.6 is 0 Å². The fourth-order valence-electron chi connectivity index (χ4n) is 2.99. The standard InChI is InChI=1S/C19H18F2N2O3/c1-13-10-14-6-2-4-8-16(14)23(13)18(24)12-25-22-11-15-7-3-5-9-17(15)26-19(20)21/h2-9,11,13,19H,10,12H2,1H3. The number of carbonyl (C=O) groups is 1. The van der Waals surface area contributed by atoms with E-state index in [1.165, 1.54) is 12.3 Å². The molecule has 0 spiro atoms. The van der Waals surface area contributed by atoms with Gasteiger partial charge >= 0.3 is 6.61 Å². The molecule has 1 aliphatic rings. The lowest BCUT2D eigenvalue weighted by Crippen LogP contribution is -2.37. The molecule has 0 saturated heterocycles. The van der Waals surface area contributed by atoms with E-state index in [0.29, 0.717) is 5.56 Å². The van der Waals surface area contributed by atoms with E-state index in [0.717, 1.165) is 17.7 Å². The van der Waals surface area contributed by atoms with Crippen LogP contribution in [-0.2, 0) is 16.1 Å². The van der Waals surface area contributed by atoms with Crippen molar-refractivity contribution in [2.75, 3.05) is 11.5 Å². The summed E-state index contributed by atoms with van der Waals surface area (Å²) in [6.07, 6.45) is 2.04. The SMILES string of the molecule is CC1Cc2ccccc2N1C(=O)CON=Cc1ccccc1OC(F)F. The first-order valence-corrected chi connectivity index (χ1v) is 8.15. The molecule has 2 aromatic rings. The zero-order valence-electron chi connectivity index (χ0n) is 14.1. The lowest BCUT2D eigenvalue weighted by atomic mass is 10.1. The number of anilines is 1. The number of para-hydroxylation sites is 2. The number of carbonyl (C=O) groups excluding carboxylic acids is 1. The van der Waals surface area contributed by atoms with Crippen molar-refractivity contribution < 1.29 is 23.1 Å². The van der Waals surface area contributed by atoms with Crippen molar-refractivity contribution in [3.8, 4) is 5.75 Å². The second-order valence-electron chi connectivity index (χ2n) is 5.87. The lowest BCUT2D eigenvalue weighted by Gasteiger charge is -2.21. The Kier molecular flexibility index (Phi) is 5.46. The zero-order chi connectivity index (χ0) is 18.5. The summed E-state index contributed by atoms with van der Waals surface area (Å²) in [4.78, 5) is 19.2. The van der Waals surface area contributed by atoms with Crippen LogP contribution in [0.15, 0.2) is 53.7 Å². The first-order chi connectivity index (χ1) is 12.6. The minimum atomic E-state index is -2.93. The van der Waals surface area contributed by atoms with Gasteiger partial charge in [0.05, 0.1) is 6.21 Å². The third-order valence-electron chi connectivity index (χ3n) is 4.07. The summed E-state index contributed by atoms with van der Waals surface area (Å²) in [5.41, 5.74) is 2.34. The van der Waals surface area contributed by atoms with Crippen molar-refractivity contribution in [3.05, 3.63) is 59.7 Å². The number of amides is 1. The summed E-state index contributed by atoms with van der Waals surface area (Å²) in [5, 5.41) is 3.70. The largest absolute Gasteiger partial charge is 0.434 e. The molecule has 0 bridgehead atoms. The Balaban J connectivity index is 1.60. The summed E-state index contributed by atoms with van der Waals surface area (Å²) in [7, 11) is 0. The summed E-state index contributed by atoms with van der Waals surface area (Å²) in [6.45, 7) is -1.20. The molecule has 2 aromatic carbocycles. The van der Waals surface area contributed by atoms with E-state index in [-0.39, 0.29) is 24.3 Å². The molecule has 0 saturated carbocycles. The Morgan fingerprint density at radius 1 is 1.27 bits per heavy atom. The Morgan fingerprint density at radius 2 is 2.00 bits per heavy atom. The predicted octanol–water partition coefficient (Wildman–Crippen LogP) is 3.62. The molecule has 1 amide bonds. The fraction of sp³-hybridized carbons (Fsp3) is 0.263. The Labute approximate surface area is 149 Å². The van der Waals surface area contributed by atoms with E-state index in [1.54, 1.807) is 23.1 Å². The highest BCUT2D eigenvalue weighted by Gasteiger charge is 2.30. The predicted molar refractivity (Wildman–Crippen MR) is 93.7 cm³/mol. The van der Waals surface area contributed by atoms with E-state index in [4.69, 9.17) is 4.84 Å². The molecular weight excluding hydrogens is 342 g/mol. The van der Waals surface area contributed by atoms with Gasteiger partial charge in [-0.05, 0) is 37.1 Å². The van der Waals surface area contributed by atoms with Gasteiger partial charge in [0.1, 0.15) is 5.75 Å². The van der Waals surface area contributed by atoms with E-state index in [2.05, 4.69) is 9.89 Å². The number of ether oxygens (including phenoxy) is 1. The molecule has 1 atom stereocenters. The molecule has 136 valence electrons. The van der Waals surface area contributed by atoms with Gasteiger partial charge in [-0.3, -0.25) is 4.79 Å². The highest BCUT2D eigenvalue weighted by Crippen LogP contribution is 2.31. The van der Waals surface area contributed by atoms with Crippen molar-refractivity contribution in [2.24, 2.45) is 5.16 Å². The van der Waals surface area contributed by atoms with Crippen LogP contribution < -0.4 is 9.64 Å². The van der Waals surface area contributed by atoms with Gasteiger partial charge in [0.25, 0.3) is 5.91 Å². The highest BCUT2D eigenvalue weighted by atomic mass is 19.3. The second kappa shape index (κ2) is 7.95. The molecular formula is C19H18F2N2O3. The van der Waals surface area contributed by atoms with Gasteiger partial charge in [-0.15, -0.1) is 0 Å². The maximum Gasteiger partial charge on any atom is 0.387 e. The summed E-state index contributed by atoms with van der Waals surface area (Å²) < 4.78 is 29.2. The van der Waals surface area contributed by atoms with Crippen LogP contribution in [0.2, 0.25) is 0 Å². The quantitative estimate of drug-likeness (QED) is 0.584. The number of hydrogen-bond donors (Lipinski definition) is 0. The van der Waals surface area contributed by atoms with E-state index >= 15 is 0 Å². The summed E-state index contributed by atoms with van der Waals surface area (Å²) in [5.74, 6) is -0.222. The Bertz CT molecular complexity index is 811. The average molecular weight is 360 g/mol. The molecule has 1 unspecified atom stereocenters. The van der Waals surface area contributed by atoms with Gasteiger partial charge < -0.3 is 14.5 Å². The van der Waals surface area contributed by atoms with Crippen LogP contribution in [0.25, 0.3) is 0 Å². The van der Waals surface area contributed by atoms with Crippen LogP contribution in [0.3, 0.4) is 0 Å². The van der Waals surface area contributed by atoms with Gasteiger partial charge in [0.2, 0.25) is 0 Å². The van der Waals surface area contributed by atoms with Crippen LogP contribution in [-0.4, -0.2) is 31.4 Å². The average Bonchev–Trinajstić information content (AvgIpc) is 2.95. The number of benzene rings is 2. The van der Waals surface area contributed by atoms with Crippen LogP contribution in [0.1, 0.15) is 18.1 Å². The second-order valence-corrected chi connectivity index (χ2v) is 5.87. The summed E-state index contributed by atoms with van der Waals surface area (Å²) in [6, 6.07) is 14.0.